The highest BCUT2D eigenvalue weighted by Gasteiger charge is 2.67. The molecule has 7 nitrogen and oxygen atoms in total. The van der Waals surface area contributed by atoms with Crippen molar-refractivity contribution in [3.8, 4) is 17.2 Å². The Kier molecular flexibility index (Phi) is 6.15. The summed E-state index contributed by atoms with van der Waals surface area (Å²) in [5, 5.41) is 20.9. The summed E-state index contributed by atoms with van der Waals surface area (Å²) in [6.07, 6.45) is 0.838. The molecule has 2 N–H and O–H groups in total. The molecule has 1 heterocycles. The van der Waals surface area contributed by atoms with Crippen LogP contribution in [0.4, 0.5) is 0 Å². The minimum atomic E-state index is -1.04. The summed E-state index contributed by atoms with van der Waals surface area (Å²) >= 11 is 0. The maximum atomic E-state index is 10.5. The van der Waals surface area contributed by atoms with Gasteiger partial charge in [-0.3, -0.25) is 0 Å². The normalized spacial score (nSPS) is 36.4. The molecule has 0 aromatic heterocycles. The van der Waals surface area contributed by atoms with Gasteiger partial charge in [-0.05, 0) is 36.5 Å². The van der Waals surface area contributed by atoms with E-state index in [1.807, 2.05) is 18.2 Å². The second kappa shape index (κ2) is 8.14. The highest BCUT2D eigenvalue weighted by Crippen LogP contribution is 2.64. The van der Waals surface area contributed by atoms with Gasteiger partial charge in [0.15, 0.2) is 17.3 Å². The lowest BCUT2D eigenvalue weighted by molar-refractivity contribution is -0.298. The van der Waals surface area contributed by atoms with Crippen LogP contribution in [0.3, 0.4) is 0 Å². The summed E-state index contributed by atoms with van der Waals surface area (Å²) in [6.45, 7) is 6.00. The number of hydrogen-bond acceptors (Lipinski definition) is 7. The molecule has 7 heteroatoms. The number of allylic oxidation sites excluding steroid dienone is 1. The number of rotatable bonds is 7. The molecule has 1 aromatic rings. The van der Waals surface area contributed by atoms with E-state index in [1.54, 1.807) is 28.4 Å². The predicted octanol–water partition coefficient (Wildman–Crippen LogP) is 2.84. The van der Waals surface area contributed by atoms with Crippen molar-refractivity contribution in [2.24, 2.45) is 11.3 Å². The smallest absolute Gasteiger partial charge is 0.203 e. The molecule has 0 radical (unpaired) electrons. The van der Waals surface area contributed by atoms with Gasteiger partial charge >= 0.3 is 0 Å². The van der Waals surface area contributed by atoms with Crippen molar-refractivity contribution in [3.63, 3.8) is 0 Å². The van der Waals surface area contributed by atoms with Gasteiger partial charge in [-0.2, -0.15) is 0 Å². The number of aliphatic hydroxyl groups is 2. The Morgan fingerprint density at radius 3 is 2.14 bits per heavy atom. The molecule has 1 saturated carbocycles. The molecule has 3 rings (SSSR count). The van der Waals surface area contributed by atoms with Gasteiger partial charge in [0.05, 0.1) is 39.6 Å². The zero-order chi connectivity index (χ0) is 21.4. The third-order valence-electron chi connectivity index (χ3n) is 6.75. The van der Waals surface area contributed by atoms with Gasteiger partial charge in [0, 0.05) is 18.9 Å². The van der Waals surface area contributed by atoms with Crippen LogP contribution >= 0.6 is 0 Å². The standard InChI is InChI=1S/C22H32O7/c1-7-8-21-11-15(23)16(24)12-22(21,28-6)29-19(13(21)2)14-9-17(25-3)20(27-5)18(10-14)26-4/h7,9-10,13,15-16,19,23-24H,1,8,11-12H2,2-6H3. The molecule has 6 atom stereocenters. The highest BCUT2D eigenvalue weighted by atomic mass is 16.7. The molecule has 29 heavy (non-hydrogen) atoms. The van der Waals surface area contributed by atoms with E-state index in [0.717, 1.165) is 5.56 Å². The van der Waals surface area contributed by atoms with Crippen molar-refractivity contribution in [2.75, 3.05) is 28.4 Å². The number of hydrogen-bond donors (Lipinski definition) is 2. The number of benzene rings is 1. The second-order valence-electron chi connectivity index (χ2n) is 7.93. The van der Waals surface area contributed by atoms with Crippen molar-refractivity contribution in [1.82, 2.24) is 0 Å². The number of aliphatic hydroxyl groups excluding tert-OH is 2. The number of ether oxygens (including phenoxy) is 5. The van der Waals surface area contributed by atoms with E-state index in [-0.39, 0.29) is 18.4 Å². The molecule has 1 saturated heterocycles. The van der Waals surface area contributed by atoms with Crippen molar-refractivity contribution in [2.45, 2.75) is 50.3 Å². The lowest BCUT2D eigenvalue weighted by Crippen LogP contribution is -2.58. The van der Waals surface area contributed by atoms with Gasteiger partial charge in [-0.25, -0.2) is 0 Å². The summed E-state index contributed by atoms with van der Waals surface area (Å²) in [5.41, 5.74) is 0.318. The first-order valence-electron chi connectivity index (χ1n) is 9.83. The monoisotopic (exact) mass is 408 g/mol. The molecule has 0 amide bonds. The van der Waals surface area contributed by atoms with Crippen molar-refractivity contribution < 1.29 is 33.9 Å². The van der Waals surface area contributed by atoms with Gasteiger partial charge in [0.25, 0.3) is 0 Å². The molecule has 0 spiro atoms. The molecular weight excluding hydrogens is 376 g/mol. The Balaban J connectivity index is 2.12. The maximum absolute atomic E-state index is 10.5. The predicted molar refractivity (Wildman–Crippen MR) is 107 cm³/mol. The SMILES string of the molecule is C=CCC12CC(O)C(O)CC1(OC)OC(c1cc(OC)c(OC)c(OC)c1)C2C. The Hall–Kier alpha value is -1.80. The third kappa shape index (κ3) is 3.20. The quantitative estimate of drug-likeness (QED) is 0.671. The zero-order valence-electron chi connectivity index (χ0n) is 17.8. The van der Waals surface area contributed by atoms with Crippen LogP contribution in [0, 0.1) is 11.3 Å². The summed E-state index contributed by atoms with van der Waals surface area (Å²) in [6, 6.07) is 3.75. The molecular formula is C22H32O7. The van der Waals surface area contributed by atoms with E-state index in [2.05, 4.69) is 13.5 Å². The minimum Gasteiger partial charge on any atom is -0.493 e. The van der Waals surface area contributed by atoms with Gasteiger partial charge in [0.2, 0.25) is 5.75 Å². The maximum Gasteiger partial charge on any atom is 0.203 e. The molecule has 1 aliphatic carbocycles. The van der Waals surface area contributed by atoms with Crippen LogP contribution in [0.2, 0.25) is 0 Å². The minimum absolute atomic E-state index is 0.0367. The molecule has 0 bridgehead atoms. The lowest BCUT2D eigenvalue weighted by Gasteiger charge is -2.51. The van der Waals surface area contributed by atoms with E-state index in [4.69, 9.17) is 23.7 Å². The van der Waals surface area contributed by atoms with E-state index < -0.39 is 23.4 Å². The van der Waals surface area contributed by atoms with Crippen LogP contribution in [0.1, 0.15) is 37.9 Å². The first-order valence-corrected chi connectivity index (χ1v) is 9.83. The van der Waals surface area contributed by atoms with Crippen molar-refractivity contribution in [1.29, 1.82) is 0 Å². The first-order chi connectivity index (χ1) is 13.8. The average molecular weight is 408 g/mol. The van der Waals surface area contributed by atoms with Gasteiger partial charge in [-0.1, -0.05) is 13.0 Å². The van der Waals surface area contributed by atoms with Crippen LogP contribution in [0.25, 0.3) is 0 Å². The largest absolute Gasteiger partial charge is 0.493 e. The van der Waals surface area contributed by atoms with Crippen LogP contribution < -0.4 is 14.2 Å². The Labute approximate surface area is 172 Å². The molecule has 2 fully saturated rings. The second-order valence-corrected chi connectivity index (χ2v) is 7.93. The highest BCUT2D eigenvalue weighted by molar-refractivity contribution is 5.54. The Morgan fingerprint density at radius 2 is 1.66 bits per heavy atom. The molecule has 6 unspecified atom stereocenters. The molecule has 2 aliphatic rings. The fourth-order valence-corrected chi connectivity index (χ4v) is 5.21. The number of methoxy groups -OCH3 is 4. The van der Waals surface area contributed by atoms with E-state index >= 15 is 0 Å². The molecule has 1 aliphatic heterocycles. The first kappa shape index (κ1) is 21.9. The molecule has 162 valence electrons. The lowest BCUT2D eigenvalue weighted by atomic mass is 9.59. The van der Waals surface area contributed by atoms with E-state index in [1.165, 1.54) is 0 Å². The van der Waals surface area contributed by atoms with Crippen LogP contribution in [-0.2, 0) is 9.47 Å². The molecule has 1 aromatic carbocycles. The van der Waals surface area contributed by atoms with Crippen molar-refractivity contribution in [3.05, 3.63) is 30.4 Å². The van der Waals surface area contributed by atoms with E-state index in [0.29, 0.717) is 30.1 Å². The van der Waals surface area contributed by atoms with Crippen LogP contribution in [-0.4, -0.2) is 56.6 Å². The zero-order valence-corrected chi connectivity index (χ0v) is 17.8. The Morgan fingerprint density at radius 1 is 1.07 bits per heavy atom. The average Bonchev–Trinajstić information content (AvgIpc) is 2.96. The van der Waals surface area contributed by atoms with Crippen LogP contribution in [0.15, 0.2) is 24.8 Å². The number of fused-ring (bicyclic) bond motifs is 1. The summed E-state index contributed by atoms with van der Waals surface area (Å²) in [4.78, 5) is 0. The van der Waals surface area contributed by atoms with Gasteiger partial charge in [0.1, 0.15) is 0 Å². The summed E-state index contributed by atoms with van der Waals surface area (Å²) < 4.78 is 28.9. The summed E-state index contributed by atoms with van der Waals surface area (Å²) in [7, 11) is 6.29. The van der Waals surface area contributed by atoms with Crippen molar-refractivity contribution >= 4 is 0 Å². The summed E-state index contributed by atoms with van der Waals surface area (Å²) in [5.74, 6) is 0.513. The van der Waals surface area contributed by atoms with Gasteiger partial charge in [-0.15, -0.1) is 6.58 Å². The third-order valence-corrected chi connectivity index (χ3v) is 6.75. The fourth-order valence-electron chi connectivity index (χ4n) is 5.21. The van der Waals surface area contributed by atoms with Gasteiger partial charge < -0.3 is 33.9 Å². The van der Waals surface area contributed by atoms with Crippen LogP contribution in [0.5, 0.6) is 17.2 Å². The fraction of sp³-hybridized carbons (Fsp3) is 0.636. The van der Waals surface area contributed by atoms with E-state index in [9.17, 15) is 10.2 Å². The topological polar surface area (TPSA) is 86.6 Å². The Bertz CT molecular complexity index is 726.